The number of hydrogen-bond donors (Lipinski definition) is 3. The Morgan fingerprint density at radius 2 is 2.00 bits per heavy atom. The van der Waals surface area contributed by atoms with Gasteiger partial charge in [-0.3, -0.25) is 14.8 Å². The summed E-state index contributed by atoms with van der Waals surface area (Å²) in [6, 6.07) is 13.9. The van der Waals surface area contributed by atoms with Gasteiger partial charge >= 0.3 is 5.69 Å². The molecular formula is C29H22FN5O2. The van der Waals surface area contributed by atoms with Crippen LogP contribution in [0.15, 0.2) is 75.6 Å². The number of aromatic amines is 2. The molecule has 0 amide bonds. The first kappa shape index (κ1) is 23.7. The highest BCUT2D eigenvalue weighted by Gasteiger charge is 2.25. The van der Waals surface area contributed by atoms with Crippen LogP contribution in [0.5, 0.6) is 0 Å². The van der Waals surface area contributed by atoms with Crippen LogP contribution in [-0.4, -0.2) is 27.7 Å². The van der Waals surface area contributed by atoms with Gasteiger partial charge in [0.25, 0.3) is 0 Å². The Hall–Kier alpha value is -5.03. The molecule has 4 N–H and O–H groups in total. The van der Waals surface area contributed by atoms with Gasteiger partial charge in [0.1, 0.15) is 11.5 Å². The molecule has 0 fully saturated rings. The highest BCUT2D eigenvalue weighted by molar-refractivity contribution is 6.09. The largest absolute Gasteiger partial charge is 0.405 e. The molecule has 1 atom stereocenters. The number of nitrogens with one attached hydrogen (secondary N) is 2. The zero-order chi connectivity index (χ0) is 26.1. The van der Waals surface area contributed by atoms with Crippen LogP contribution in [-0.2, 0) is 6.54 Å². The van der Waals surface area contributed by atoms with E-state index in [0.717, 1.165) is 5.56 Å². The van der Waals surface area contributed by atoms with E-state index in [4.69, 9.17) is 12.2 Å². The summed E-state index contributed by atoms with van der Waals surface area (Å²) in [4.78, 5) is 38.3. The van der Waals surface area contributed by atoms with Gasteiger partial charge in [-0.25, -0.2) is 9.18 Å². The number of hydrogen-bond acceptors (Lipinski definition) is 5. The van der Waals surface area contributed by atoms with Crippen LogP contribution in [0.2, 0.25) is 0 Å². The first-order valence-electron chi connectivity index (χ1n) is 11.5. The molecule has 0 saturated carbocycles. The molecule has 0 spiro atoms. The predicted molar refractivity (Wildman–Crippen MR) is 143 cm³/mol. The van der Waals surface area contributed by atoms with Crippen molar-refractivity contribution in [3.8, 4) is 12.3 Å². The number of ketones is 1. The zero-order valence-corrected chi connectivity index (χ0v) is 19.9. The maximum absolute atomic E-state index is 15.2. The fourth-order valence-electron chi connectivity index (χ4n) is 4.51. The number of nitrogens with zero attached hydrogens (tertiary/aromatic N) is 2. The first-order valence-corrected chi connectivity index (χ1v) is 11.5. The summed E-state index contributed by atoms with van der Waals surface area (Å²) in [5.41, 5.74) is 11.3. The molecule has 1 unspecified atom stereocenters. The molecule has 1 aromatic heterocycles. The number of halogens is 1. The lowest BCUT2D eigenvalue weighted by molar-refractivity contribution is 0.101. The lowest BCUT2D eigenvalue weighted by atomic mass is 9.90. The van der Waals surface area contributed by atoms with E-state index in [1.165, 1.54) is 19.2 Å². The molecule has 0 aliphatic carbocycles. The number of aliphatic imine (C=N–C) groups is 2. The molecule has 7 nitrogen and oxygen atoms in total. The standard InChI is InChI=1S/C29H22FN5O2/c1-3-17-4-5-19(21(10-17)16(2)36)14-32-25(8-9-31)20-11-22-23(15-33-28(22)24(30)12-20)18-6-7-26-27(13-18)35-29(37)34-26/h1,4-13,15,23H,14,31H2,2H3,(H2,34,35,37). The van der Waals surface area contributed by atoms with Crippen molar-refractivity contribution in [1.82, 2.24) is 9.97 Å². The van der Waals surface area contributed by atoms with E-state index in [9.17, 15) is 9.59 Å². The molecule has 182 valence electrons. The fraction of sp³-hybridized carbons (Fsp3) is 0.103. The molecule has 37 heavy (non-hydrogen) atoms. The highest BCUT2D eigenvalue weighted by Crippen LogP contribution is 2.39. The number of allylic oxidation sites excluding steroid dienone is 1. The molecule has 1 aliphatic rings. The van der Waals surface area contributed by atoms with Crippen molar-refractivity contribution < 1.29 is 9.18 Å². The van der Waals surface area contributed by atoms with E-state index in [-0.39, 0.29) is 29.6 Å². The minimum absolute atomic E-state index is 0.123. The lowest BCUT2D eigenvalue weighted by Crippen LogP contribution is -2.06. The molecule has 2 heterocycles. The third-order valence-electron chi connectivity index (χ3n) is 6.31. The molecule has 5 rings (SSSR count). The Labute approximate surface area is 211 Å². The van der Waals surface area contributed by atoms with Crippen LogP contribution in [0.3, 0.4) is 0 Å². The summed E-state index contributed by atoms with van der Waals surface area (Å²) in [6.45, 7) is 1.65. The number of terminal acetylenes is 1. The third kappa shape index (κ3) is 4.50. The van der Waals surface area contributed by atoms with Crippen LogP contribution in [0.25, 0.3) is 11.0 Å². The van der Waals surface area contributed by atoms with Gasteiger partial charge in [-0.1, -0.05) is 18.1 Å². The smallest absolute Gasteiger partial charge is 0.323 e. The maximum Gasteiger partial charge on any atom is 0.323 e. The summed E-state index contributed by atoms with van der Waals surface area (Å²) < 4.78 is 15.2. The van der Waals surface area contributed by atoms with Crippen molar-refractivity contribution in [3.05, 3.63) is 110 Å². The Balaban J connectivity index is 1.54. The summed E-state index contributed by atoms with van der Waals surface area (Å²) in [7, 11) is 0. The van der Waals surface area contributed by atoms with Crippen LogP contribution >= 0.6 is 0 Å². The van der Waals surface area contributed by atoms with E-state index in [0.29, 0.717) is 44.6 Å². The van der Waals surface area contributed by atoms with Crippen molar-refractivity contribution >= 4 is 34.4 Å². The Morgan fingerprint density at radius 3 is 2.76 bits per heavy atom. The molecule has 0 bridgehead atoms. The van der Waals surface area contributed by atoms with Gasteiger partial charge in [-0.05, 0) is 72.3 Å². The summed E-state index contributed by atoms with van der Waals surface area (Å²) >= 11 is 0. The summed E-state index contributed by atoms with van der Waals surface area (Å²) in [5, 5.41) is 0. The number of imidazole rings is 1. The van der Waals surface area contributed by atoms with Gasteiger partial charge in [0, 0.05) is 28.8 Å². The first-order chi connectivity index (χ1) is 17.9. The fourth-order valence-corrected chi connectivity index (χ4v) is 4.51. The maximum atomic E-state index is 15.2. The lowest BCUT2D eigenvalue weighted by Gasteiger charge is -2.13. The summed E-state index contributed by atoms with van der Waals surface area (Å²) in [6.07, 6.45) is 10.1. The highest BCUT2D eigenvalue weighted by atomic mass is 19.1. The van der Waals surface area contributed by atoms with Crippen LogP contribution in [0.1, 0.15) is 51.0 Å². The molecule has 4 aromatic rings. The van der Waals surface area contributed by atoms with Crippen molar-refractivity contribution in [2.45, 2.75) is 19.4 Å². The number of rotatable bonds is 6. The molecule has 0 radical (unpaired) electrons. The number of carbonyl (C=O) groups is 1. The van der Waals surface area contributed by atoms with E-state index in [1.54, 1.807) is 36.6 Å². The zero-order valence-electron chi connectivity index (χ0n) is 19.9. The number of nitrogens with two attached hydrogens (primary N) is 1. The Bertz CT molecular complexity index is 1750. The van der Waals surface area contributed by atoms with Crippen molar-refractivity contribution in [2.24, 2.45) is 15.7 Å². The second-order valence-electron chi connectivity index (χ2n) is 8.67. The number of H-pyrrole nitrogens is 2. The molecule has 0 saturated heterocycles. The van der Waals surface area contributed by atoms with Crippen LogP contribution in [0, 0.1) is 18.2 Å². The van der Waals surface area contributed by atoms with Crippen LogP contribution in [0.4, 0.5) is 10.1 Å². The van der Waals surface area contributed by atoms with E-state index < -0.39 is 5.82 Å². The van der Waals surface area contributed by atoms with Crippen molar-refractivity contribution in [3.63, 3.8) is 0 Å². The summed E-state index contributed by atoms with van der Waals surface area (Å²) in [5.74, 6) is 1.62. The van der Waals surface area contributed by atoms with Gasteiger partial charge in [0.05, 0.1) is 23.3 Å². The quantitative estimate of drug-likeness (QED) is 0.210. The molecule has 8 heteroatoms. The van der Waals surface area contributed by atoms with Gasteiger partial charge < -0.3 is 15.7 Å². The minimum Gasteiger partial charge on any atom is -0.405 e. The Kier molecular flexibility index (Phi) is 6.12. The number of Topliss-reactive ketones (excluding diaryl/α,β-unsaturated/α-hetero) is 1. The average molecular weight is 492 g/mol. The topological polar surface area (TPSA) is 116 Å². The minimum atomic E-state index is -0.483. The number of aromatic nitrogens is 2. The van der Waals surface area contributed by atoms with E-state index >= 15 is 4.39 Å². The number of fused-ring (bicyclic) bond motifs is 2. The molecule has 3 aromatic carbocycles. The monoisotopic (exact) mass is 491 g/mol. The van der Waals surface area contributed by atoms with Gasteiger partial charge in [-0.15, -0.1) is 6.42 Å². The van der Waals surface area contributed by atoms with Crippen molar-refractivity contribution in [2.75, 3.05) is 0 Å². The average Bonchev–Trinajstić information content (AvgIpc) is 3.48. The predicted octanol–water partition coefficient (Wildman–Crippen LogP) is 4.49. The van der Waals surface area contributed by atoms with Gasteiger partial charge in [0.2, 0.25) is 0 Å². The molecule has 1 aliphatic heterocycles. The number of carbonyl (C=O) groups excluding carboxylic acids is 1. The van der Waals surface area contributed by atoms with Crippen molar-refractivity contribution in [1.29, 1.82) is 0 Å². The third-order valence-corrected chi connectivity index (χ3v) is 6.31. The van der Waals surface area contributed by atoms with Crippen LogP contribution < -0.4 is 11.4 Å². The Morgan fingerprint density at radius 1 is 1.19 bits per heavy atom. The number of benzene rings is 3. The van der Waals surface area contributed by atoms with Gasteiger partial charge in [-0.2, -0.15) is 0 Å². The normalized spacial score (nSPS) is 14.8. The second-order valence-corrected chi connectivity index (χ2v) is 8.67. The van der Waals surface area contributed by atoms with E-state index in [1.807, 2.05) is 18.2 Å². The van der Waals surface area contributed by atoms with Gasteiger partial charge in [0.15, 0.2) is 5.78 Å². The SMILES string of the molecule is C#Cc1ccc(CN=C(C=CN)c2cc(F)c3c(c2)C(c2ccc4[nH]c(=O)[nH]c4c2)C=N3)c(C(C)=O)c1. The van der Waals surface area contributed by atoms with E-state index in [2.05, 4.69) is 25.9 Å². The second kappa shape index (κ2) is 9.55. The molecular weight excluding hydrogens is 469 g/mol.